The van der Waals surface area contributed by atoms with Crippen molar-refractivity contribution >= 4 is 34.3 Å². The summed E-state index contributed by atoms with van der Waals surface area (Å²) in [5.74, 6) is 0.695. The van der Waals surface area contributed by atoms with Crippen LogP contribution in [-0.2, 0) is 0 Å². The first-order valence-electron chi connectivity index (χ1n) is 10.2. The summed E-state index contributed by atoms with van der Waals surface area (Å²) in [5.41, 5.74) is 6.38. The predicted molar refractivity (Wildman–Crippen MR) is 128 cm³/mol. The van der Waals surface area contributed by atoms with Gasteiger partial charge in [0.05, 0.1) is 6.04 Å². The molecular weight excluding hydrogens is 412 g/mol. The lowest BCUT2D eigenvalue weighted by Crippen LogP contribution is -2.55. The number of carbonyl (C=O) groups excluding carboxylic acids is 1. The number of nitrogens with one attached hydrogen (secondary N) is 1. The van der Waals surface area contributed by atoms with Gasteiger partial charge in [0.25, 0.3) is 5.24 Å². The fourth-order valence-electron chi connectivity index (χ4n) is 4.62. The molecular formula is C24H30N2O2S2. The number of nitrogens with two attached hydrogens (primary N) is 1. The number of ether oxygens (including phenoxy) is 1. The third-order valence-electron chi connectivity index (χ3n) is 5.64. The first-order valence-corrected chi connectivity index (χ1v) is 11.5. The van der Waals surface area contributed by atoms with Gasteiger partial charge in [-0.25, -0.2) is 0 Å². The molecule has 3 atom stereocenters. The van der Waals surface area contributed by atoms with Crippen LogP contribution in [0.5, 0.6) is 5.75 Å². The van der Waals surface area contributed by atoms with E-state index in [1.54, 1.807) is 0 Å². The predicted octanol–water partition coefficient (Wildman–Crippen LogP) is 5.81. The van der Waals surface area contributed by atoms with Crippen LogP contribution in [0, 0.1) is 10.8 Å². The van der Waals surface area contributed by atoms with Crippen LogP contribution in [0.2, 0.25) is 0 Å². The summed E-state index contributed by atoms with van der Waals surface area (Å²) in [6.07, 6.45) is 2.58. The summed E-state index contributed by atoms with van der Waals surface area (Å²) in [7, 11) is 0. The first kappa shape index (κ1) is 22.8. The van der Waals surface area contributed by atoms with Crippen LogP contribution in [0.4, 0.5) is 4.79 Å². The third-order valence-corrected chi connectivity index (χ3v) is 6.78. The topological polar surface area (TPSA) is 64.4 Å². The largest absolute Gasteiger partial charge is 0.449 e. The highest BCUT2D eigenvalue weighted by Gasteiger charge is 2.46. The Morgan fingerprint density at radius 1 is 1.10 bits per heavy atom. The molecule has 0 heterocycles. The molecule has 3 N–H and O–H groups in total. The van der Waals surface area contributed by atoms with E-state index in [0.29, 0.717) is 10.8 Å². The molecule has 2 aromatic rings. The molecule has 1 fully saturated rings. The first-order chi connectivity index (χ1) is 14.2. The van der Waals surface area contributed by atoms with Crippen LogP contribution in [0.1, 0.15) is 40.0 Å². The van der Waals surface area contributed by atoms with Gasteiger partial charge in [0.2, 0.25) is 0 Å². The van der Waals surface area contributed by atoms with Gasteiger partial charge in [0.1, 0.15) is 5.75 Å². The van der Waals surface area contributed by atoms with Gasteiger partial charge in [-0.1, -0.05) is 57.2 Å². The molecule has 6 heteroatoms. The lowest BCUT2D eigenvalue weighted by molar-refractivity contribution is 0.0672. The second kappa shape index (κ2) is 9.50. The number of rotatable bonds is 5. The zero-order valence-electron chi connectivity index (χ0n) is 17.8. The van der Waals surface area contributed by atoms with Crippen molar-refractivity contribution in [3.8, 4) is 5.75 Å². The van der Waals surface area contributed by atoms with Crippen LogP contribution >= 0.6 is 24.0 Å². The normalized spacial score (nSPS) is 23.9. The van der Waals surface area contributed by atoms with E-state index in [1.165, 1.54) is 11.8 Å². The highest BCUT2D eigenvalue weighted by atomic mass is 32.2. The van der Waals surface area contributed by atoms with E-state index >= 15 is 0 Å². The van der Waals surface area contributed by atoms with E-state index < -0.39 is 6.04 Å². The minimum Gasteiger partial charge on any atom is -0.449 e. The zero-order chi connectivity index (χ0) is 21.8. The molecule has 1 amide bonds. The maximum absolute atomic E-state index is 12.6. The molecule has 0 bridgehead atoms. The summed E-state index contributed by atoms with van der Waals surface area (Å²) in [4.78, 5) is 13.6. The van der Waals surface area contributed by atoms with Crippen molar-refractivity contribution in [2.45, 2.75) is 57.0 Å². The highest BCUT2D eigenvalue weighted by Crippen LogP contribution is 2.48. The Hall–Kier alpha value is -1.89. The van der Waals surface area contributed by atoms with Gasteiger partial charge in [-0.3, -0.25) is 4.79 Å². The molecule has 4 nitrogen and oxygen atoms in total. The Balaban J connectivity index is 1.67. The van der Waals surface area contributed by atoms with Crippen molar-refractivity contribution in [1.29, 1.82) is 0 Å². The summed E-state index contributed by atoms with van der Waals surface area (Å²) >= 11 is 6.78. The van der Waals surface area contributed by atoms with E-state index in [4.69, 9.17) is 22.7 Å². The minimum absolute atomic E-state index is 0.0301. The number of para-hydroxylation sites is 1. The van der Waals surface area contributed by atoms with Gasteiger partial charge >= 0.3 is 0 Å². The summed E-state index contributed by atoms with van der Waals surface area (Å²) in [6.45, 7) is 6.60. The van der Waals surface area contributed by atoms with Crippen LogP contribution < -0.4 is 15.8 Å². The molecule has 0 saturated heterocycles. The molecule has 2 aromatic carbocycles. The Morgan fingerprint density at radius 2 is 1.70 bits per heavy atom. The molecule has 3 unspecified atom stereocenters. The molecule has 0 spiro atoms. The fourth-order valence-corrected chi connectivity index (χ4v) is 5.74. The second-order valence-corrected chi connectivity index (χ2v) is 10.6. The molecule has 1 saturated carbocycles. The van der Waals surface area contributed by atoms with Crippen LogP contribution in [0.15, 0.2) is 65.6 Å². The fraction of sp³-hybridized carbons (Fsp3) is 0.417. The Bertz CT molecular complexity index is 873. The monoisotopic (exact) mass is 442 g/mol. The second-order valence-electron chi connectivity index (χ2n) is 9.16. The van der Waals surface area contributed by atoms with E-state index in [1.807, 2.05) is 60.7 Å². The highest BCUT2D eigenvalue weighted by molar-refractivity contribution is 8.13. The average molecular weight is 443 g/mol. The lowest BCUT2D eigenvalue weighted by atomic mass is 9.60. The molecule has 0 radical (unpaired) electrons. The van der Waals surface area contributed by atoms with Crippen molar-refractivity contribution in [1.82, 2.24) is 5.32 Å². The van der Waals surface area contributed by atoms with Crippen molar-refractivity contribution < 1.29 is 9.53 Å². The Kier molecular flexibility index (Phi) is 7.22. The van der Waals surface area contributed by atoms with Gasteiger partial charge in [-0.2, -0.15) is 0 Å². The Morgan fingerprint density at radius 3 is 2.33 bits per heavy atom. The zero-order valence-corrected chi connectivity index (χ0v) is 19.4. The van der Waals surface area contributed by atoms with Crippen LogP contribution in [0.25, 0.3) is 0 Å². The number of hydrogen-bond donors (Lipinski definition) is 2. The van der Waals surface area contributed by atoms with Gasteiger partial charge in [0, 0.05) is 10.9 Å². The quantitative estimate of drug-likeness (QED) is 0.452. The molecule has 0 aliphatic heterocycles. The van der Waals surface area contributed by atoms with Gasteiger partial charge < -0.3 is 15.8 Å². The average Bonchev–Trinajstić information content (AvgIpc) is 2.67. The maximum atomic E-state index is 12.6. The summed E-state index contributed by atoms with van der Waals surface area (Å²) in [5, 5.41) is 3.56. The minimum atomic E-state index is -0.409. The standard InChI is InChI=1S/C24H30N2O2S2/c1-23(2)14-17(26-22(27)30-19-12-8-5-9-13-19)15-24(3,16-23)20(25)21(29)28-18-10-6-4-7-11-18/h4-13,17,20H,14-16,25H2,1-3H3,(H,26,27). The molecule has 3 rings (SSSR count). The summed E-state index contributed by atoms with van der Waals surface area (Å²) < 4.78 is 5.87. The van der Waals surface area contributed by atoms with Crippen molar-refractivity contribution in [3.05, 3.63) is 60.7 Å². The third kappa shape index (κ3) is 6.06. The maximum Gasteiger partial charge on any atom is 0.284 e. The van der Waals surface area contributed by atoms with Crippen molar-refractivity contribution in [2.24, 2.45) is 16.6 Å². The number of benzene rings is 2. The van der Waals surface area contributed by atoms with Gasteiger partial charge in [-0.15, -0.1) is 0 Å². The molecule has 1 aliphatic carbocycles. The summed E-state index contributed by atoms with van der Waals surface area (Å²) in [6, 6.07) is 18.8. The number of amides is 1. The number of thioether (sulfide) groups is 1. The van der Waals surface area contributed by atoms with Crippen LogP contribution in [0.3, 0.4) is 0 Å². The number of thiocarbonyl (C=S) groups is 1. The smallest absolute Gasteiger partial charge is 0.284 e. The molecule has 160 valence electrons. The van der Waals surface area contributed by atoms with E-state index in [9.17, 15) is 4.79 Å². The molecule has 30 heavy (non-hydrogen) atoms. The lowest BCUT2D eigenvalue weighted by Gasteiger charge is -2.49. The number of carbonyl (C=O) groups is 1. The molecule has 0 aromatic heterocycles. The van der Waals surface area contributed by atoms with Crippen LogP contribution in [-0.4, -0.2) is 22.4 Å². The van der Waals surface area contributed by atoms with Crippen molar-refractivity contribution in [2.75, 3.05) is 0 Å². The molecule has 1 aliphatic rings. The number of hydrogen-bond acceptors (Lipinski definition) is 5. The van der Waals surface area contributed by atoms with E-state index in [2.05, 4.69) is 26.1 Å². The van der Waals surface area contributed by atoms with E-state index in [0.717, 1.165) is 24.2 Å². The van der Waals surface area contributed by atoms with Gasteiger partial charge in [-0.05, 0) is 78.3 Å². The van der Waals surface area contributed by atoms with E-state index in [-0.39, 0.29) is 22.1 Å². The Labute approximate surface area is 189 Å². The van der Waals surface area contributed by atoms with Gasteiger partial charge in [0.15, 0.2) is 5.05 Å². The SMILES string of the molecule is CC1(C)CC(NC(=O)Sc2ccccc2)CC(C)(C(N)C(=S)Oc2ccccc2)C1. The van der Waals surface area contributed by atoms with Crippen molar-refractivity contribution in [3.63, 3.8) is 0 Å².